The number of aromatic nitrogens is 3. The number of carbonyl (C=O) groups is 3. The maximum atomic E-state index is 13.3. The van der Waals surface area contributed by atoms with Crippen molar-refractivity contribution in [1.29, 1.82) is 0 Å². The maximum absolute atomic E-state index is 13.3. The largest absolute Gasteiger partial charge is 0.416 e. The number of hydrogen-bond acceptors (Lipinski definition) is 6. The third-order valence-electron chi connectivity index (χ3n) is 7.58. The number of nitrogens with one attached hydrogen (secondary N) is 3. The van der Waals surface area contributed by atoms with Gasteiger partial charge in [0.1, 0.15) is 5.82 Å². The molecule has 5 rings (SSSR count). The molecule has 0 saturated carbocycles. The van der Waals surface area contributed by atoms with Crippen LogP contribution in [-0.4, -0.2) is 39.2 Å². The molecule has 0 aliphatic carbocycles. The normalized spacial score (nSPS) is 11.9. The first-order chi connectivity index (χ1) is 23.1. The van der Waals surface area contributed by atoms with Crippen LogP contribution < -0.4 is 16.0 Å². The molecule has 48 heavy (non-hydrogen) atoms. The summed E-state index contributed by atoms with van der Waals surface area (Å²) < 4.78 is 39.1. The van der Waals surface area contributed by atoms with Crippen LogP contribution in [0.25, 0.3) is 22.2 Å². The zero-order chi connectivity index (χ0) is 34.1. The van der Waals surface area contributed by atoms with E-state index in [0.717, 1.165) is 37.8 Å². The summed E-state index contributed by atoms with van der Waals surface area (Å²) in [7, 11) is 0. The second-order valence-electron chi connectivity index (χ2n) is 11.0. The molecule has 0 radical (unpaired) electrons. The quantitative estimate of drug-likeness (QED) is 0.123. The lowest BCUT2D eigenvalue weighted by molar-refractivity contribution is -0.137. The molecule has 0 fully saturated rings. The number of amides is 3. The van der Waals surface area contributed by atoms with Gasteiger partial charge in [-0.25, -0.2) is 4.98 Å². The molecule has 0 aliphatic rings. The van der Waals surface area contributed by atoms with Crippen molar-refractivity contribution in [2.75, 3.05) is 11.9 Å². The number of pyridine rings is 3. The van der Waals surface area contributed by atoms with Gasteiger partial charge in [-0.05, 0) is 73.2 Å². The molecule has 1 atom stereocenters. The standard InChI is InChI=1S/C36H33F3N6O3/c1-2-3-4-6-20-42-35(48)32(29-10-5-7-19-40-29)45-33(46)25-13-17-28-24(22-25)14-18-30(43-28)44-34(47)27-9-8-21-41-31(27)23-11-15-26(16-12-23)36(37,38)39/h5,7-19,21-22,32H,2-4,6,20H2,1H3,(H,42,48)(H,45,46)(H,43,44,47)/t32-/m0/s1. The van der Waals surface area contributed by atoms with Crippen molar-refractivity contribution in [3.63, 3.8) is 0 Å². The molecule has 2 aromatic carbocycles. The van der Waals surface area contributed by atoms with Crippen LogP contribution >= 0.6 is 0 Å². The molecule has 0 unspecified atom stereocenters. The molecule has 3 aromatic heterocycles. The van der Waals surface area contributed by atoms with E-state index in [-0.39, 0.29) is 23.0 Å². The Bertz CT molecular complexity index is 1900. The van der Waals surface area contributed by atoms with E-state index in [9.17, 15) is 27.6 Å². The number of unbranched alkanes of at least 4 members (excludes halogenated alkanes) is 3. The zero-order valence-corrected chi connectivity index (χ0v) is 26.1. The first kappa shape index (κ1) is 33.7. The average Bonchev–Trinajstić information content (AvgIpc) is 3.10. The van der Waals surface area contributed by atoms with E-state index < -0.39 is 29.6 Å². The first-order valence-corrected chi connectivity index (χ1v) is 15.5. The van der Waals surface area contributed by atoms with Gasteiger partial charge in [-0.3, -0.25) is 24.4 Å². The number of hydrogen-bond donors (Lipinski definition) is 3. The van der Waals surface area contributed by atoms with E-state index >= 15 is 0 Å². The van der Waals surface area contributed by atoms with Crippen LogP contribution in [0.15, 0.2) is 97.3 Å². The van der Waals surface area contributed by atoms with Crippen LogP contribution in [0.1, 0.15) is 70.6 Å². The minimum Gasteiger partial charge on any atom is -0.354 e. The number of halogens is 3. The molecule has 0 spiro atoms. The van der Waals surface area contributed by atoms with E-state index in [1.807, 2.05) is 0 Å². The van der Waals surface area contributed by atoms with Gasteiger partial charge in [0.2, 0.25) is 5.91 Å². The molecule has 0 saturated heterocycles. The topological polar surface area (TPSA) is 126 Å². The maximum Gasteiger partial charge on any atom is 0.416 e. The van der Waals surface area contributed by atoms with Gasteiger partial charge < -0.3 is 16.0 Å². The highest BCUT2D eigenvalue weighted by Crippen LogP contribution is 2.31. The molecular weight excluding hydrogens is 621 g/mol. The molecule has 5 aromatic rings. The van der Waals surface area contributed by atoms with Crippen LogP contribution in [0.3, 0.4) is 0 Å². The Labute approximate surface area is 275 Å². The number of benzene rings is 2. The van der Waals surface area contributed by atoms with Gasteiger partial charge in [0, 0.05) is 35.5 Å². The fourth-order valence-corrected chi connectivity index (χ4v) is 5.06. The number of rotatable bonds is 12. The molecule has 9 nitrogen and oxygen atoms in total. The van der Waals surface area contributed by atoms with Gasteiger partial charge in [0.15, 0.2) is 6.04 Å². The van der Waals surface area contributed by atoms with Gasteiger partial charge in [0.05, 0.1) is 28.0 Å². The highest BCUT2D eigenvalue weighted by Gasteiger charge is 2.30. The summed E-state index contributed by atoms with van der Waals surface area (Å²) in [5.74, 6) is -1.15. The van der Waals surface area contributed by atoms with Crippen LogP contribution in [0, 0.1) is 0 Å². The predicted octanol–water partition coefficient (Wildman–Crippen LogP) is 7.13. The Balaban J connectivity index is 1.29. The number of fused-ring (bicyclic) bond motifs is 1. The third kappa shape index (κ3) is 8.38. The van der Waals surface area contributed by atoms with Crippen LogP contribution in [0.2, 0.25) is 0 Å². The van der Waals surface area contributed by atoms with Crippen molar-refractivity contribution in [3.8, 4) is 11.3 Å². The monoisotopic (exact) mass is 654 g/mol. The van der Waals surface area contributed by atoms with Crippen molar-refractivity contribution in [3.05, 3.63) is 120 Å². The Morgan fingerprint density at radius 2 is 1.60 bits per heavy atom. The molecule has 3 amide bonds. The summed E-state index contributed by atoms with van der Waals surface area (Å²) in [4.78, 5) is 52.6. The Hall–Kier alpha value is -5.65. The molecule has 3 N–H and O–H groups in total. The van der Waals surface area contributed by atoms with E-state index in [2.05, 4.69) is 37.8 Å². The van der Waals surface area contributed by atoms with Gasteiger partial charge in [-0.15, -0.1) is 0 Å². The Kier molecular flexibility index (Phi) is 10.7. The third-order valence-corrected chi connectivity index (χ3v) is 7.58. The number of carbonyl (C=O) groups excluding carboxylic acids is 3. The van der Waals surface area contributed by atoms with Crippen molar-refractivity contribution in [1.82, 2.24) is 25.6 Å². The second-order valence-corrected chi connectivity index (χ2v) is 11.0. The minimum absolute atomic E-state index is 0.152. The lowest BCUT2D eigenvalue weighted by Gasteiger charge is -2.18. The zero-order valence-electron chi connectivity index (χ0n) is 26.1. The molecule has 0 bridgehead atoms. The lowest BCUT2D eigenvalue weighted by atomic mass is 10.0. The molecule has 0 aliphatic heterocycles. The smallest absolute Gasteiger partial charge is 0.354 e. The summed E-state index contributed by atoms with van der Waals surface area (Å²) >= 11 is 0. The highest BCUT2D eigenvalue weighted by atomic mass is 19.4. The van der Waals surface area contributed by atoms with Gasteiger partial charge >= 0.3 is 6.18 Å². The van der Waals surface area contributed by atoms with Crippen molar-refractivity contribution in [2.45, 2.75) is 44.8 Å². The molecule has 12 heteroatoms. The van der Waals surface area contributed by atoms with E-state index in [0.29, 0.717) is 34.3 Å². The van der Waals surface area contributed by atoms with Crippen LogP contribution in [0.4, 0.5) is 19.0 Å². The highest BCUT2D eigenvalue weighted by molar-refractivity contribution is 6.08. The van der Waals surface area contributed by atoms with E-state index in [1.54, 1.807) is 60.8 Å². The number of alkyl halides is 3. The van der Waals surface area contributed by atoms with Crippen molar-refractivity contribution >= 4 is 34.4 Å². The lowest BCUT2D eigenvalue weighted by Crippen LogP contribution is -2.41. The summed E-state index contributed by atoms with van der Waals surface area (Å²) in [6, 6.07) is 19.7. The van der Waals surface area contributed by atoms with E-state index in [4.69, 9.17) is 0 Å². The molecule has 3 heterocycles. The summed E-state index contributed by atoms with van der Waals surface area (Å²) in [6.45, 7) is 2.61. The van der Waals surface area contributed by atoms with Crippen molar-refractivity contribution < 1.29 is 27.6 Å². The average molecular weight is 655 g/mol. The SMILES string of the molecule is CCCCCCNC(=O)[C@@H](NC(=O)c1ccc2nc(NC(=O)c3cccnc3-c3ccc(C(F)(F)F)cc3)ccc2c1)c1ccccn1. The van der Waals surface area contributed by atoms with Crippen molar-refractivity contribution in [2.24, 2.45) is 0 Å². The molecular formula is C36H33F3N6O3. The Morgan fingerprint density at radius 1 is 0.812 bits per heavy atom. The van der Waals surface area contributed by atoms with E-state index in [1.165, 1.54) is 24.4 Å². The minimum atomic E-state index is -4.49. The fraction of sp³-hybridized carbons (Fsp3) is 0.222. The van der Waals surface area contributed by atoms with Crippen LogP contribution in [0.5, 0.6) is 0 Å². The molecule has 246 valence electrons. The predicted molar refractivity (Wildman–Crippen MR) is 176 cm³/mol. The van der Waals surface area contributed by atoms with Gasteiger partial charge in [-0.2, -0.15) is 13.2 Å². The van der Waals surface area contributed by atoms with Gasteiger partial charge in [-0.1, -0.05) is 44.4 Å². The summed E-state index contributed by atoms with van der Waals surface area (Å²) in [5.41, 5.74) is 1.11. The summed E-state index contributed by atoms with van der Waals surface area (Å²) in [6.07, 6.45) is 2.53. The van der Waals surface area contributed by atoms with Crippen LogP contribution in [-0.2, 0) is 11.0 Å². The second kappa shape index (κ2) is 15.3. The number of anilines is 1. The Morgan fingerprint density at radius 3 is 2.33 bits per heavy atom. The number of nitrogens with zero attached hydrogens (tertiary/aromatic N) is 3. The first-order valence-electron chi connectivity index (χ1n) is 15.5. The fourth-order valence-electron chi connectivity index (χ4n) is 5.06. The summed E-state index contributed by atoms with van der Waals surface area (Å²) in [5, 5.41) is 9.03. The van der Waals surface area contributed by atoms with Gasteiger partial charge in [0.25, 0.3) is 11.8 Å².